The number of piperidine rings is 1. The highest BCUT2D eigenvalue weighted by molar-refractivity contribution is 4.78. The lowest BCUT2D eigenvalue weighted by molar-refractivity contribution is 0.168. The van der Waals surface area contributed by atoms with Gasteiger partial charge in [-0.2, -0.15) is 0 Å². The predicted molar refractivity (Wildman–Crippen MR) is 74.2 cm³/mol. The third-order valence-corrected chi connectivity index (χ3v) is 4.14. The molecule has 1 heterocycles. The molecule has 1 aliphatic heterocycles. The number of hydrogen-bond donors (Lipinski definition) is 1. The molecule has 0 radical (unpaired) electrons. The molecular weight excluding hydrogens is 208 g/mol. The molecule has 100 valence electrons. The zero-order chi connectivity index (χ0) is 12.1. The summed E-state index contributed by atoms with van der Waals surface area (Å²) in [6.07, 6.45) is 7.33. The van der Waals surface area contributed by atoms with Crippen molar-refractivity contribution in [3.63, 3.8) is 0 Å². The van der Waals surface area contributed by atoms with E-state index in [4.69, 9.17) is 0 Å². The maximum absolute atomic E-state index is 3.63. The van der Waals surface area contributed by atoms with E-state index in [0.717, 1.165) is 17.8 Å². The molecule has 2 heteroatoms. The summed E-state index contributed by atoms with van der Waals surface area (Å²) in [6.45, 7) is 11.1. The van der Waals surface area contributed by atoms with Gasteiger partial charge in [-0.05, 0) is 63.2 Å². The first-order chi connectivity index (χ1) is 8.24. The van der Waals surface area contributed by atoms with Gasteiger partial charge in [-0.1, -0.05) is 26.7 Å². The molecule has 2 aliphatic rings. The summed E-state index contributed by atoms with van der Waals surface area (Å²) >= 11 is 0. The highest BCUT2D eigenvalue weighted by Gasteiger charge is 2.24. The summed E-state index contributed by atoms with van der Waals surface area (Å²) in [5.41, 5.74) is 0. The van der Waals surface area contributed by atoms with E-state index in [2.05, 4.69) is 24.1 Å². The first-order valence-corrected chi connectivity index (χ1v) is 7.67. The van der Waals surface area contributed by atoms with E-state index in [1.807, 2.05) is 0 Å². The molecule has 1 saturated heterocycles. The third kappa shape index (κ3) is 5.39. The highest BCUT2D eigenvalue weighted by Crippen LogP contribution is 2.32. The van der Waals surface area contributed by atoms with Crippen molar-refractivity contribution in [2.24, 2.45) is 17.8 Å². The van der Waals surface area contributed by atoms with E-state index in [1.54, 1.807) is 0 Å². The van der Waals surface area contributed by atoms with Crippen LogP contribution in [-0.2, 0) is 0 Å². The van der Waals surface area contributed by atoms with Gasteiger partial charge in [0.05, 0.1) is 0 Å². The summed E-state index contributed by atoms with van der Waals surface area (Å²) in [4.78, 5) is 2.71. The van der Waals surface area contributed by atoms with E-state index in [9.17, 15) is 0 Å². The van der Waals surface area contributed by atoms with Gasteiger partial charge in [0.25, 0.3) is 0 Å². The quantitative estimate of drug-likeness (QED) is 0.733. The molecule has 0 bridgehead atoms. The van der Waals surface area contributed by atoms with E-state index >= 15 is 0 Å². The minimum Gasteiger partial charge on any atom is -0.316 e. The minimum atomic E-state index is 0.782. The molecule has 0 aromatic rings. The maximum Gasteiger partial charge on any atom is 0.00218 e. The van der Waals surface area contributed by atoms with Gasteiger partial charge in [-0.25, -0.2) is 0 Å². The van der Waals surface area contributed by atoms with Crippen LogP contribution in [0.2, 0.25) is 0 Å². The summed E-state index contributed by atoms with van der Waals surface area (Å²) in [6, 6.07) is 0. The van der Waals surface area contributed by atoms with E-state index in [1.165, 1.54) is 64.8 Å². The Balaban J connectivity index is 1.58. The van der Waals surface area contributed by atoms with E-state index < -0.39 is 0 Å². The molecule has 0 amide bonds. The van der Waals surface area contributed by atoms with Gasteiger partial charge < -0.3 is 10.2 Å². The van der Waals surface area contributed by atoms with Crippen LogP contribution in [0.5, 0.6) is 0 Å². The second kappa shape index (κ2) is 6.75. The molecule has 2 rings (SSSR count). The van der Waals surface area contributed by atoms with Gasteiger partial charge in [-0.3, -0.25) is 0 Å². The zero-order valence-corrected chi connectivity index (χ0v) is 11.8. The fourth-order valence-electron chi connectivity index (χ4n) is 2.87. The van der Waals surface area contributed by atoms with Crippen molar-refractivity contribution in [2.75, 3.05) is 32.7 Å². The molecule has 0 aromatic carbocycles. The Morgan fingerprint density at radius 2 is 2.00 bits per heavy atom. The molecule has 2 nitrogen and oxygen atoms in total. The zero-order valence-electron chi connectivity index (χ0n) is 11.8. The van der Waals surface area contributed by atoms with Gasteiger partial charge in [0.15, 0.2) is 0 Å². The molecule has 1 aliphatic carbocycles. The fourth-order valence-corrected chi connectivity index (χ4v) is 2.87. The van der Waals surface area contributed by atoms with Crippen molar-refractivity contribution < 1.29 is 0 Å². The Hall–Kier alpha value is -0.0800. The minimum absolute atomic E-state index is 0.782. The second-order valence-electron chi connectivity index (χ2n) is 6.59. The lowest BCUT2D eigenvalue weighted by Crippen LogP contribution is -2.40. The van der Waals surface area contributed by atoms with Crippen molar-refractivity contribution in [2.45, 2.75) is 46.0 Å². The molecule has 1 N–H and O–H groups in total. The number of likely N-dealkylation sites (tertiary alicyclic amines) is 1. The molecule has 2 fully saturated rings. The van der Waals surface area contributed by atoms with Crippen LogP contribution in [0.15, 0.2) is 0 Å². The van der Waals surface area contributed by atoms with Crippen molar-refractivity contribution in [1.29, 1.82) is 0 Å². The van der Waals surface area contributed by atoms with Crippen LogP contribution in [-0.4, -0.2) is 37.6 Å². The lowest BCUT2D eigenvalue weighted by atomic mass is 9.97. The number of nitrogens with one attached hydrogen (secondary N) is 1. The topological polar surface area (TPSA) is 15.3 Å². The van der Waals surface area contributed by atoms with Gasteiger partial charge in [0.1, 0.15) is 0 Å². The Labute approximate surface area is 107 Å². The van der Waals surface area contributed by atoms with E-state index in [0.29, 0.717) is 0 Å². The van der Waals surface area contributed by atoms with E-state index in [-0.39, 0.29) is 0 Å². The second-order valence-corrected chi connectivity index (χ2v) is 6.59. The van der Waals surface area contributed by atoms with Gasteiger partial charge in [-0.15, -0.1) is 0 Å². The Morgan fingerprint density at radius 3 is 2.71 bits per heavy atom. The smallest absolute Gasteiger partial charge is 0.00218 e. The maximum atomic E-state index is 3.63. The molecular formula is C15H30N2. The van der Waals surface area contributed by atoms with Crippen LogP contribution in [0, 0.1) is 17.8 Å². The highest BCUT2D eigenvalue weighted by atomic mass is 15.1. The van der Waals surface area contributed by atoms with Gasteiger partial charge in [0.2, 0.25) is 0 Å². The van der Waals surface area contributed by atoms with Crippen LogP contribution in [0.1, 0.15) is 46.0 Å². The summed E-state index contributed by atoms with van der Waals surface area (Å²) in [7, 11) is 0. The molecule has 0 aromatic heterocycles. The Morgan fingerprint density at radius 1 is 1.18 bits per heavy atom. The number of nitrogens with zero attached hydrogens (tertiary/aromatic N) is 1. The standard InChI is InChI=1S/C15H30N2/c1-13(2)10-16-11-15-4-3-8-17(12-15)9-7-14-5-6-14/h13-16H,3-12H2,1-2H3. The average Bonchev–Trinajstić information content (AvgIpc) is 3.10. The SMILES string of the molecule is CC(C)CNCC1CCCN(CCC2CC2)C1. The van der Waals surface area contributed by atoms with Crippen molar-refractivity contribution in [1.82, 2.24) is 10.2 Å². The number of rotatable bonds is 7. The van der Waals surface area contributed by atoms with Crippen LogP contribution >= 0.6 is 0 Å². The van der Waals surface area contributed by atoms with Crippen LogP contribution in [0.4, 0.5) is 0 Å². The predicted octanol–water partition coefficient (Wildman–Crippen LogP) is 2.74. The van der Waals surface area contributed by atoms with Crippen LogP contribution < -0.4 is 5.32 Å². The van der Waals surface area contributed by atoms with Gasteiger partial charge >= 0.3 is 0 Å². The first-order valence-electron chi connectivity index (χ1n) is 7.67. The summed E-state index contributed by atoms with van der Waals surface area (Å²) in [5, 5.41) is 3.63. The molecule has 0 spiro atoms. The van der Waals surface area contributed by atoms with Crippen molar-refractivity contribution in [3.8, 4) is 0 Å². The Kier molecular flexibility index (Phi) is 5.30. The van der Waals surface area contributed by atoms with Crippen LogP contribution in [0.25, 0.3) is 0 Å². The Bertz CT molecular complexity index is 211. The number of hydrogen-bond acceptors (Lipinski definition) is 2. The fraction of sp³-hybridized carbons (Fsp3) is 1.00. The average molecular weight is 238 g/mol. The molecule has 1 saturated carbocycles. The largest absolute Gasteiger partial charge is 0.316 e. The van der Waals surface area contributed by atoms with Crippen molar-refractivity contribution >= 4 is 0 Å². The first kappa shape index (κ1) is 13.4. The third-order valence-electron chi connectivity index (χ3n) is 4.14. The van der Waals surface area contributed by atoms with Crippen LogP contribution in [0.3, 0.4) is 0 Å². The molecule has 1 atom stereocenters. The van der Waals surface area contributed by atoms with Gasteiger partial charge in [0, 0.05) is 6.54 Å². The summed E-state index contributed by atoms with van der Waals surface area (Å²) < 4.78 is 0. The normalized spacial score (nSPS) is 26.6. The lowest BCUT2D eigenvalue weighted by Gasteiger charge is -2.33. The molecule has 1 unspecified atom stereocenters. The molecule has 17 heavy (non-hydrogen) atoms. The monoisotopic (exact) mass is 238 g/mol. The van der Waals surface area contributed by atoms with Crippen molar-refractivity contribution in [3.05, 3.63) is 0 Å². The summed E-state index contributed by atoms with van der Waals surface area (Å²) in [5.74, 6) is 2.78.